The molecule has 0 fully saturated rings. The first-order valence-electron chi connectivity index (χ1n) is 3.88. The van der Waals surface area contributed by atoms with E-state index in [0.717, 1.165) is 0 Å². The molecule has 5 heteroatoms. The zero-order chi connectivity index (χ0) is 10.1. The highest BCUT2D eigenvalue weighted by atomic mass is 16.5. The Morgan fingerprint density at radius 1 is 1.57 bits per heavy atom. The van der Waals surface area contributed by atoms with Gasteiger partial charge in [-0.05, 0) is 12.1 Å². The third-order valence-electron chi connectivity index (χ3n) is 1.85. The van der Waals surface area contributed by atoms with Crippen LogP contribution in [0.1, 0.15) is 10.4 Å². The number of methoxy groups -OCH3 is 1. The van der Waals surface area contributed by atoms with E-state index in [4.69, 9.17) is 4.52 Å². The van der Waals surface area contributed by atoms with Gasteiger partial charge in [-0.3, -0.25) is 0 Å². The van der Waals surface area contributed by atoms with E-state index >= 15 is 0 Å². The molecule has 72 valence electrons. The maximum Gasteiger partial charge on any atom is 0.338 e. The number of aromatic hydroxyl groups is 1. The summed E-state index contributed by atoms with van der Waals surface area (Å²) in [7, 11) is 1.27. The average molecular weight is 193 g/mol. The van der Waals surface area contributed by atoms with Gasteiger partial charge in [-0.15, -0.1) is 0 Å². The number of hydrogen-bond acceptors (Lipinski definition) is 5. The minimum absolute atomic E-state index is 0.125. The number of phenolic OH excluding ortho intramolecular Hbond substituents is 1. The van der Waals surface area contributed by atoms with Crippen LogP contribution in [0.25, 0.3) is 11.0 Å². The second kappa shape index (κ2) is 3.02. The van der Waals surface area contributed by atoms with Gasteiger partial charge in [0.05, 0.1) is 18.9 Å². The first-order chi connectivity index (χ1) is 6.72. The predicted octanol–water partition coefficient (Wildman–Crippen LogP) is 1.32. The van der Waals surface area contributed by atoms with Crippen LogP contribution in [0.2, 0.25) is 0 Å². The maximum atomic E-state index is 11.1. The molecular formula is C9H7NO4. The molecule has 0 atom stereocenters. The molecule has 0 aliphatic rings. The van der Waals surface area contributed by atoms with Crippen LogP contribution in [0, 0.1) is 0 Å². The number of phenols is 1. The van der Waals surface area contributed by atoms with Crippen LogP contribution in [0.15, 0.2) is 22.9 Å². The van der Waals surface area contributed by atoms with Gasteiger partial charge in [-0.1, -0.05) is 5.16 Å². The fraction of sp³-hybridized carbons (Fsp3) is 0.111. The van der Waals surface area contributed by atoms with Crippen molar-refractivity contribution in [2.24, 2.45) is 0 Å². The average Bonchev–Trinajstić information content (AvgIpc) is 2.64. The predicted molar refractivity (Wildman–Crippen MR) is 47.0 cm³/mol. The van der Waals surface area contributed by atoms with Gasteiger partial charge in [0, 0.05) is 5.39 Å². The molecule has 14 heavy (non-hydrogen) atoms. The summed E-state index contributed by atoms with van der Waals surface area (Å²) in [6.45, 7) is 0. The number of fused-ring (bicyclic) bond motifs is 1. The summed E-state index contributed by atoms with van der Waals surface area (Å²) in [4.78, 5) is 11.1. The third-order valence-corrected chi connectivity index (χ3v) is 1.85. The first kappa shape index (κ1) is 8.55. The quantitative estimate of drug-likeness (QED) is 0.691. The Labute approximate surface area is 78.9 Å². The van der Waals surface area contributed by atoms with Crippen LogP contribution in [0.5, 0.6) is 5.75 Å². The van der Waals surface area contributed by atoms with Gasteiger partial charge >= 0.3 is 5.97 Å². The molecule has 1 aromatic carbocycles. The zero-order valence-corrected chi connectivity index (χ0v) is 7.35. The SMILES string of the molecule is COC(=O)c1cc(O)c2oncc2c1. The van der Waals surface area contributed by atoms with Crippen molar-refractivity contribution in [2.45, 2.75) is 0 Å². The lowest BCUT2D eigenvalue weighted by Gasteiger charge is -1.99. The normalized spacial score (nSPS) is 10.4. The Kier molecular flexibility index (Phi) is 1.85. The van der Waals surface area contributed by atoms with Crippen molar-refractivity contribution in [2.75, 3.05) is 7.11 Å². The van der Waals surface area contributed by atoms with Crippen LogP contribution in [0.4, 0.5) is 0 Å². The van der Waals surface area contributed by atoms with Gasteiger partial charge in [0.1, 0.15) is 0 Å². The van der Waals surface area contributed by atoms with E-state index in [1.54, 1.807) is 0 Å². The highest BCUT2D eigenvalue weighted by Gasteiger charge is 2.12. The number of hydrogen-bond donors (Lipinski definition) is 1. The minimum Gasteiger partial charge on any atom is -0.504 e. The number of benzene rings is 1. The number of carbonyl (C=O) groups excluding carboxylic acids is 1. The smallest absolute Gasteiger partial charge is 0.338 e. The van der Waals surface area contributed by atoms with Crippen molar-refractivity contribution in [3.05, 3.63) is 23.9 Å². The van der Waals surface area contributed by atoms with E-state index in [-0.39, 0.29) is 16.9 Å². The summed E-state index contributed by atoms with van der Waals surface area (Å²) in [5.74, 6) is -0.635. The lowest BCUT2D eigenvalue weighted by atomic mass is 10.1. The van der Waals surface area contributed by atoms with Gasteiger partial charge < -0.3 is 14.4 Å². The van der Waals surface area contributed by atoms with Gasteiger partial charge in [-0.2, -0.15) is 0 Å². The highest BCUT2D eigenvalue weighted by molar-refractivity contribution is 5.96. The molecule has 0 saturated carbocycles. The van der Waals surface area contributed by atoms with E-state index in [1.165, 1.54) is 25.4 Å². The van der Waals surface area contributed by atoms with E-state index in [2.05, 4.69) is 9.89 Å². The monoisotopic (exact) mass is 193 g/mol. The van der Waals surface area contributed by atoms with Gasteiger partial charge in [0.2, 0.25) is 5.58 Å². The molecule has 2 rings (SSSR count). The Morgan fingerprint density at radius 2 is 2.36 bits per heavy atom. The van der Waals surface area contributed by atoms with Crippen LogP contribution >= 0.6 is 0 Å². The van der Waals surface area contributed by atoms with Gasteiger partial charge in [0.15, 0.2) is 5.75 Å². The van der Waals surface area contributed by atoms with Crippen molar-refractivity contribution in [3.63, 3.8) is 0 Å². The molecule has 0 bridgehead atoms. The van der Waals surface area contributed by atoms with Crippen LogP contribution < -0.4 is 0 Å². The summed E-state index contributed by atoms with van der Waals surface area (Å²) < 4.78 is 9.28. The Bertz CT molecular complexity index is 489. The Hall–Kier alpha value is -2.04. The molecule has 1 N–H and O–H groups in total. The van der Waals surface area contributed by atoms with Crippen LogP contribution in [0.3, 0.4) is 0 Å². The van der Waals surface area contributed by atoms with Crippen molar-refractivity contribution in [3.8, 4) is 5.75 Å². The fourth-order valence-electron chi connectivity index (χ4n) is 1.20. The number of nitrogens with zero attached hydrogens (tertiary/aromatic N) is 1. The second-order valence-electron chi connectivity index (χ2n) is 2.73. The molecule has 0 aliphatic carbocycles. The second-order valence-corrected chi connectivity index (χ2v) is 2.73. The van der Waals surface area contributed by atoms with E-state index in [9.17, 15) is 9.90 Å². The molecule has 0 unspecified atom stereocenters. The van der Waals surface area contributed by atoms with E-state index in [1.807, 2.05) is 0 Å². The Balaban J connectivity index is 2.64. The molecular weight excluding hydrogens is 186 g/mol. The number of rotatable bonds is 1. The lowest BCUT2D eigenvalue weighted by Crippen LogP contribution is -2.00. The fourth-order valence-corrected chi connectivity index (χ4v) is 1.20. The number of ether oxygens (including phenoxy) is 1. The maximum absolute atomic E-state index is 11.1. The molecule has 5 nitrogen and oxygen atoms in total. The van der Waals surface area contributed by atoms with Gasteiger partial charge in [-0.25, -0.2) is 4.79 Å². The lowest BCUT2D eigenvalue weighted by molar-refractivity contribution is 0.0600. The number of carbonyl (C=O) groups is 1. The Morgan fingerprint density at radius 3 is 3.07 bits per heavy atom. The highest BCUT2D eigenvalue weighted by Crippen LogP contribution is 2.26. The zero-order valence-electron chi connectivity index (χ0n) is 7.35. The third kappa shape index (κ3) is 1.19. The van der Waals surface area contributed by atoms with Crippen molar-refractivity contribution in [1.29, 1.82) is 0 Å². The molecule has 1 aromatic heterocycles. The largest absolute Gasteiger partial charge is 0.504 e. The molecule has 0 amide bonds. The molecule has 0 aliphatic heterocycles. The molecule has 0 saturated heterocycles. The molecule has 0 radical (unpaired) electrons. The van der Waals surface area contributed by atoms with Crippen molar-refractivity contribution in [1.82, 2.24) is 5.16 Å². The first-order valence-corrected chi connectivity index (χ1v) is 3.88. The van der Waals surface area contributed by atoms with Crippen molar-refractivity contribution < 1.29 is 19.2 Å². The summed E-state index contributed by atoms with van der Waals surface area (Å²) in [6, 6.07) is 2.82. The number of aromatic nitrogens is 1. The standard InChI is InChI=1S/C9H7NO4/c1-13-9(12)5-2-6-4-10-14-8(6)7(11)3-5/h2-4,11H,1H3. The van der Waals surface area contributed by atoms with Crippen LogP contribution in [-0.4, -0.2) is 23.3 Å². The van der Waals surface area contributed by atoms with Crippen molar-refractivity contribution >= 4 is 16.9 Å². The van der Waals surface area contributed by atoms with E-state index < -0.39 is 5.97 Å². The van der Waals surface area contributed by atoms with Gasteiger partial charge in [0.25, 0.3) is 0 Å². The topological polar surface area (TPSA) is 72.6 Å². The molecule has 0 spiro atoms. The number of esters is 1. The summed E-state index contributed by atoms with van der Waals surface area (Å²) >= 11 is 0. The summed E-state index contributed by atoms with van der Waals surface area (Å²) in [5.41, 5.74) is 0.526. The van der Waals surface area contributed by atoms with Crippen LogP contribution in [-0.2, 0) is 4.74 Å². The van der Waals surface area contributed by atoms with E-state index in [0.29, 0.717) is 5.39 Å². The summed E-state index contributed by atoms with van der Waals surface area (Å²) in [5, 5.41) is 13.5. The molecule has 2 aromatic rings. The minimum atomic E-state index is -0.511. The molecule has 1 heterocycles. The summed E-state index contributed by atoms with van der Waals surface area (Å²) in [6.07, 6.45) is 1.42.